The van der Waals surface area contributed by atoms with Crippen molar-refractivity contribution in [2.45, 2.75) is 32.4 Å². The van der Waals surface area contributed by atoms with Crippen molar-refractivity contribution in [2.75, 3.05) is 0 Å². The molecule has 0 fully saturated rings. The van der Waals surface area contributed by atoms with Gasteiger partial charge >= 0.3 is 0 Å². The van der Waals surface area contributed by atoms with Gasteiger partial charge in [0.25, 0.3) is 0 Å². The highest BCUT2D eigenvalue weighted by atomic mass is 79.9. The zero-order valence-electron chi connectivity index (χ0n) is 12.3. The molecular weight excluding hydrogens is 369 g/mol. The largest absolute Gasteiger partial charge is 0.301 e. The first-order chi connectivity index (χ1) is 9.79. The molecule has 0 amide bonds. The van der Waals surface area contributed by atoms with Crippen LogP contribution in [0.1, 0.15) is 37.9 Å². The third-order valence-electron chi connectivity index (χ3n) is 3.57. The van der Waals surface area contributed by atoms with Gasteiger partial charge in [0.1, 0.15) is 0 Å². The van der Waals surface area contributed by atoms with Gasteiger partial charge in [0, 0.05) is 26.1 Å². The van der Waals surface area contributed by atoms with Crippen molar-refractivity contribution < 1.29 is 0 Å². The molecule has 2 aromatic carbocycles. The Bertz CT molecular complexity index is 623. The van der Waals surface area contributed by atoms with Crippen molar-refractivity contribution in [1.82, 2.24) is 5.32 Å². The lowest BCUT2D eigenvalue weighted by molar-refractivity contribution is 0.357. The van der Waals surface area contributed by atoms with Gasteiger partial charge in [0.15, 0.2) is 0 Å². The minimum absolute atomic E-state index is 0.119. The Morgan fingerprint density at radius 1 is 1.05 bits per heavy atom. The van der Waals surface area contributed by atoms with Crippen LogP contribution in [0.3, 0.4) is 0 Å². The molecule has 21 heavy (non-hydrogen) atoms. The second-order valence-corrected chi connectivity index (χ2v) is 7.42. The van der Waals surface area contributed by atoms with Crippen LogP contribution in [0.2, 0.25) is 10.0 Å². The summed E-state index contributed by atoms with van der Waals surface area (Å²) in [5, 5.41) is 4.97. The van der Waals surface area contributed by atoms with E-state index in [0.717, 1.165) is 10.0 Å². The molecule has 0 aliphatic rings. The van der Waals surface area contributed by atoms with Gasteiger partial charge in [-0.3, -0.25) is 0 Å². The van der Waals surface area contributed by atoms with Gasteiger partial charge in [0.2, 0.25) is 0 Å². The van der Waals surface area contributed by atoms with Crippen molar-refractivity contribution in [3.8, 4) is 0 Å². The highest BCUT2D eigenvalue weighted by Gasteiger charge is 2.23. The molecule has 0 aliphatic heterocycles. The molecule has 2 aromatic rings. The summed E-state index contributed by atoms with van der Waals surface area (Å²) in [4.78, 5) is 0. The molecule has 0 radical (unpaired) electrons. The predicted molar refractivity (Wildman–Crippen MR) is 95.2 cm³/mol. The lowest BCUT2D eigenvalue weighted by Gasteiger charge is -2.31. The minimum atomic E-state index is -0.164. The average Bonchev–Trinajstić information content (AvgIpc) is 2.38. The molecule has 1 N–H and O–H groups in total. The summed E-state index contributed by atoms with van der Waals surface area (Å²) in [5.41, 5.74) is 2.11. The lowest BCUT2D eigenvalue weighted by atomic mass is 9.92. The molecule has 0 saturated heterocycles. The molecule has 0 bridgehead atoms. The Morgan fingerprint density at radius 2 is 1.67 bits per heavy atom. The summed E-state index contributed by atoms with van der Waals surface area (Å²) in [6.45, 7) is 6.43. The van der Waals surface area contributed by atoms with Gasteiger partial charge in [0.05, 0.1) is 0 Å². The molecule has 4 heteroatoms. The summed E-state index contributed by atoms with van der Waals surface area (Å²) < 4.78 is 1.08. The van der Waals surface area contributed by atoms with Crippen molar-refractivity contribution in [2.24, 2.45) is 0 Å². The highest BCUT2D eigenvalue weighted by Crippen LogP contribution is 2.30. The summed E-state index contributed by atoms with van der Waals surface area (Å²) in [5.74, 6) is 0. The molecule has 112 valence electrons. The quantitative estimate of drug-likeness (QED) is 0.646. The first kappa shape index (κ1) is 16.8. The van der Waals surface area contributed by atoms with Crippen LogP contribution in [-0.4, -0.2) is 0 Å². The Balaban J connectivity index is 2.21. The average molecular weight is 387 g/mol. The van der Waals surface area contributed by atoms with E-state index < -0.39 is 0 Å². The summed E-state index contributed by atoms with van der Waals surface area (Å²) >= 11 is 15.7. The molecule has 1 nitrogen and oxygen atoms in total. The molecule has 0 aliphatic carbocycles. The zero-order chi connectivity index (χ0) is 15.6. The van der Waals surface area contributed by atoms with Crippen molar-refractivity contribution in [1.29, 1.82) is 0 Å². The van der Waals surface area contributed by atoms with Gasteiger partial charge in [-0.2, -0.15) is 0 Å². The van der Waals surface area contributed by atoms with Gasteiger partial charge in [-0.25, -0.2) is 0 Å². The lowest BCUT2D eigenvalue weighted by Crippen LogP contribution is -2.38. The summed E-state index contributed by atoms with van der Waals surface area (Å²) in [6.07, 6.45) is 0. The van der Waals surface area contributed by atoms with E-state index in [4.69, 9.17) is 23.2 Å². The van der Waals surface area contributed by atoms with Gasteiger partial charge < -0.3 is 5.32 Å². The van der Waals surface area contributed by atoms with E-state index in [1.807, 2.05) is 12.1 Å². The smallest absolute Gasteiger partial charge is 0.0468 e. The van der Waals surface area contributed by atoms with Gasteiger partial charge in [-0.05, 0) is 56.2 Å². The highest BCUT2D eigenvalue weighted by molar-refractivity contribution is 9.10. The number of rotatable bonds is 4. The van der Waals surface area contributed by atoms with Crippen LogP contribution in [0.25, 0.3) is 0 Å². The van der Waals surface area contributed by atoms with E-state index in [2.05, 4.69) is 66.3 Å². The zero-order valence-corrected chi connectivity index (χ0v) is 15.4. The van der Waals surface area contributed by atoms with E-state index in [1.54, 1.807) is 6.07 Å². The summed E-state index contributed by atoms with van der Waals surface area (Å²) in [6, 6.07) is 14.1. The predicted octanol–water partition coefficient (Wildman–Crippen LogP) is 6.34. The number of hydrogen-bond donors (Lipinski definition) is 1. The van der Waals surface area contributed by atoms with Crippen LogP contribution in [0.4, 0.5) is 0 Å². The maximum Gasteiger partial charge on any atom is 0.0468 e. The SMILES string of the molecule is CC(NC(C)(C)c1ccc(Br)cc1)c1ccc(Cl)cc1Cl. The Labute approximate surface area is 144 Å². The van der Waals surface area contributed by atoms with E-state index >= 15 is 0 Å². The molecule has 1 unspecified atom stereocenters. The monoisotopic (exact) mass is 385 g/mol. The second-order valence-electron chi connectivity index (χ2n) is 5.66. The maximum absolute atomic E-state index is 6.29. The Kier molecular flexibility index (Phi) is 5.37. The van der Waals surface area contributed by atoms with Crippen molar-refractivity contribution in [3.05, 3.63) is 68.1 Å². The topological polar surface area (TPSA) is 12.0 Å². The number of benzene rings is 2. The van der Waals surface area contributed by atoms with Crippen LogP contribution < -0.4 is 5.32 Å². The number of nitrogens with one attached hydrogen (secondary N) is 1. The van der Waals surface area contributed by atoms with Crippen molar-refractivity contribution in [3.63, 3.8) is 0 Å². The fraction of sp³-hybridized carbons (Fsp3) is 0.294. The third-order valence-corrected chi connectivity index (χ3v) is 4.66. The van der Waals surface area contributed by atoms with E-state index in [1.165, 1.54) is 5.56 Å². The van der Waals surface area contributed by atoms with Crippen LogP contribution in [-0.2, 0) is 5.54 Å². The third kappa shape index (κ3) is 4.23. The van der Waals surface area contributed by atoms with Crippen molar-refractivity contribution >= 4 is 39.1 Å². The molecular formula is C17H18BrCl2N. The number of halogens is 3. The maximum atomic E-state index is 6.29. The van der Waals surface area contributed by atoms with Crippen LogP contribution >= 0.6 is 39.1 Å². The van der Waals surface area contributed by atoms with E-state index in [-0.39, 0.29) is 11.6 Å². The molecule has 0 spiro atoms. The molecule has 2 rings (SSSR count). The number of hydrogen-bond acceptors (Lipinski definition) is 1. The normalized spacial score (nSPS) is 13.2. The molecule has 1 atom stereocenters. The standard InChI is InChI=1S/C17H18BrCl2N/c1-11(15-9-8-14(19)10-16(15)20)21-17(2,3)12-4-6-13(18)7-5-12/h4-11,21H,1-3H3. The minimum Gasteiger partial charge on any atom is -0.301 e. The van der Waals surface area contributed by atoms with Crippen LogP contribution in [0.15, 0.2) is 46.9 Å². The van der Waals surface area contributed by atoms with E-state index in [9.17, 15) is 0 Å². The van der Waals surface area contributed by atoms with Crippen LogP contribution in [0, 0.1) is 0 Å². The van der Waals surface area contributed by atoms with Gasteiger partial charge in [-0.1, -0.05) is 57.3 Å². The first-order valence-corrected chi connectivity index (χ1v) is 8.33. The fourth-order valence-electron chi connectivity index (χ4n) is 2.42. The summed E-state index contributed by atoms with van der Waals surface area (Å²) in [7, 11) is 0. The van der Waals surface area contributed by atoms with Crippen LogP contribution in [0.5, 0.6) is 0 Å². The second kappa shape index (κ2) is 6.70. The first-order valence-electron chi connectivity index (χ1n) is 6.78. The fourth-order valence-corrected chi connectivity index (χ4v) is 3.26. The molecule has 0 heterocycles. The van der Waals surface area contributed by atoms with E-state index in [0.29, 0.717) is 10.0 Å². The Morgan fingerprint density at radius 3 is 2.24 bits per heavy atom. The van der Waals surface area contributed by atoms with Gasteiger partial charge in [-0.15, -0.1) is 0 Å². The molecule has 0 aromatic heterocycles. The molecule has 0 saturated carbocycles. The Hall–Kier alpha value is -0.540.